The summed E-state index contributed by atoms with van der Waals surface area (Å²) in [5, 5.41) is 2.23. The van der Waals surface area contributed by atoms with Crippen molar-refractivity contribution in [2.24, 2.45) is 0 Å². The molecule has 0 aliphatic rings. The Balaban J connectivity index is 2.17. The van der Waals surface area contributed by atoms with E-state index in [9.17, 15) is 18.8 Å². The van der Waals surface area contributed by atoms with Gasteiger partial charge in [0.05, 0.1) is 16.6 Å². The second-order valence-electron chi connectivity index (χ2n) is 5.62. The standard InChI is InChI=1S/C19H15ClFNO4/c1-4-10(2)22-19(25)18(24)17-9-13(11(3)26-17)16(23)8-12-5-6-15(21)14(20)7-12/h1,5-7,9-10H,8H2,2-3H3,(H,22,25). The number of nitrogens with one attached hydrogen (secondary N) is 1. The predicted octanol–water partition coefficient (Wildman–Crippen LogP) is 3.13. The number of aryl methyl sites for hydroxylation is 1. The third-order valence-electron chi connectivity index (χ3n) is 3.59. The lowest BCUT2D eigenvalue weighted by Gasteiger charge is -2.04. The van der Waals surface area contributed by atoms with Gasteiger partial charge in [-0.25, -0.2) is 4.39 Å². The SMILES string of the molecule is C#CC(C)NC(=O)C(=O)c1cc(C(=O)Cc2ccc(F)c(Cl)c2)c(C)o1. The summed E-state index contributed by atoms with van der Waals surface area (Å²) in [5.74, 6) is -0.586. The van der Waals surface area contributed by atoms with Gasteiger partial charge in [0.2, 0.25) is 0 Å². The lowest BCUT2D eigenvalue weighted by atomic mass is 10.0. The summed E-state index contributed by atoms with van der Waals surface area (Å²) in [6.45, 7) is 3.05. The first-order chi connectivity index (χ1) is 12.2. The van der Waals surface area contributed by atoms with E-state index in [1.807, 2.05) is 0 Å². The third-order valence-corrected chi connectivity index (χ3v) is 3.88. The number of carbonyl (C=O) groups is 3. The molecule has 0 aliphatic heterocycles. The number of Topliss-reactive ketones (excluding diaryl/α,β-unsaturated/α-hetero) is 2. The van der Waals surface area contributed by atoms with Crippen molar-refractivity contribution in [2.75, 3.05) is 0 Å². The number of ketones is 2. The van der Waals surface area contributed by atoms with Crippen LogP contribution in [0.4, 0.5) is 4.39 Å². The molecule has 1 atom stereocenters. The summed E-state index contributed by atoms with van der Waals surface area (Å²) in [6, 6.07) is 4.55. The van der Waals surface area contributed by atoms with E-state index in [-0.39, 0.29) is 34.3 Å². The molecule has 1 aromatic carbocycles. The number of carbonyl (C=O) groups excluding carboxylic acids is 3. The quantitative estimate of drug-likeness (QED) is 0.478. The van der Waals surface area contributed by atoms with Crippen molar-refractivity contribution in [1.82, 2.24) is 5.32 Å². The number of halogens is 2. The summed E-state index contributed by atoms with van der Waals surface area (Å²) in [4.78, 5) is 36.3. The Bertz CT molecular complexity index is 926. The fourth-order valence-corrected chi connectivity index (χ4v) is 2.42. The second-order valence-corrected chi connectivity index (χ2v) is 6.03. The molecule has 2 rings (SSSR count). The predicted molar refractivity (Wildman–Crippen MR) is 93.7 cm³/mol. The largest absolute Gasteiger partial charge is 0.457 e. The first-order valence-corrected chi connectivity index (χ1v) is 7.99. The van der Waals surface area contributed by atoms with Crippen LogP contribution in [0.5, 0.6) is 0 Å². The van der Waals surface area contributed by atoms with Crippen molar-refractivity contribution in [1.29, 1.82) is 0 Å². The van der Waals surface area contributed by atoms with Gasteiger partial charge in [0, 0.05) is 6.42 Å². The Morgan fingerprint density at radius 1 is 1.35 bits per heavy atom. The summed E-state index contributed by atoms with van der Waals surface area (Å²) in [7, 11) is 0. The molecular weight excluding hydrogens is 361 g/mol. The molecule has 134 valence electrons. The average Bonchev–Trinajstić information content (AvgIpc) is 2.99. The fraction of sp³-hybridized carbons (Fsp3) is 0.211. The van der Waals surface area contributed by atoms with Gasteiger partial charge in [-0.15, -0.1) is 6.42 Å². The van der Waals surface area contributed by atoms with E-state index >= 15 is 0 Å². The minimum Gasteiger partial charge on any atom is -0.457 e. The zero-order valence-electron chi connectivity index (χ0n) is 14.1. The Labute approximate surface area is 154 Å². The van der Waals surface area contributed by atoms with Crippen LogP contribution in [0.15, 0.2) is 28.7 Å². The zero-order chi connectivity index (χ0) is 19.4. The number of benzene rings is 1. The van der Waals surface area contributed by atoms with Gasteiger partial charge in [-0.2, -0.15) is 0 Å². The first kappa shape index (κ1) is 19.4. The van der Waals surface area contributed by atoms with Crippen molar-refractivity contribution in [3.8, 4) is 12.3 Å². The zero-order valence-corrected chi connectivity index (χ0v) is 14.8. The molecule has 1 unspecified atom stereocenters. The number of terminal acetylenes is 1. The molecule has 5 nitrogen and oxygen atoms in total. The number of hydrogen-bond acceptors (Lipinski definition) is 4. The molecule has 0 radical (unpaired) electrons. The van der Waals surface area contributed by atoms with Gasteiger partial charge in [0.1, 0.15) is 11.6 Å². The normalized spacial score (nSPS) is 11.5. The van der Waals surface area contributed by atoms with Crippen LogP contribution in [0.25, 0.3) is 0 Å². The maximum absolute atomic E-state index is 13.2. The Hall–Kier alpha value is -2.91. The van der Waals surface area contributed by atoms with Gasteiger partial charge in [-0.05, 0) is 37.6 Å². The van der Waals surface area contributed by atoms with E-state index < -0.39 is 23.5 Å². The van der Waals surface area contributed by atoms with Crippen LogP contribution in [-0.4, -0.2) is 23.5 Å². The van der Waals surface area contributed by atoms with Crippen LogP contribution in [0.3, 0.4) is 0 Å². The molecule has 0 saturated heterocycles. The summed E-state index contributed by atoms with van der Waals surface area (Å²) in [5.41, 5.74) is 0.669. The number of hydrogen-bond donors (Lipinski definition) is 1. The van der Waals surface area contributed by atoms with Crippen molar-refractivity contribution in [3.63, 3.8) is 0 Å². The summed E-state index contributed by atoms with van der Waals surface area (Å²) in [6.07, 6.45) is 5.08. The van der Waals surface area contributed by atoms with Gasteiger partial charge >= 0.3 is 0 Å². The van der Waals surface area contributed by atoms with Crippen molar-refractivity contribution in [3.05, 3.63) is 57.8 Å². The molecule has 0 aliphatic carbocycles. The minimum absolute atomic E-state index is 0.0612. The molecule has 0 spiro atoms. The number of furan rings is 1. The van der Waals surface area contributed by atoms with Crippen LogP contribution in [0, 0.1) is 25.1 Å². The molecule has 2 aromatic rings. The maximum atomic E-state index is 13.2. The van der Waals surface area contributed by atoms with Gasteiger partial charge in [0.25, 0.3) is 11.7 Å². The van der Waals surface area contributed by atoms with Crippen molar-refractivity contribution >= 4 is 29.1 Å². The molecule has 26 heavy (non-hydrogen) atoms. The summed E-state index contributed by atoms with van der Waals surface area (Å²) < 4.78 is 18.4. The molecule has 1 amide bonds. The highest BCUT2D eigenvalue weighted by Gasteiger charge is 2.24. The highest BCUT2D eigenvalue weighted by molar-refractivity contribution is 6.42. The maximum Gasteiger partial charge on any atom is 0.296 e. The highest BCUT2D eigenvalue weighted by atomic mass is 35.5. The smallest absolute Gasteiger partial charge is 0.296 e. The lowest BCUT2D eigenvalue weighted by Crippen LogP contribution is -2.36. The van der Waals surface area contributed by atoms with E-state index in [4.69, 9.17) is 22.4 Å². The Morgan fingerprint density at radius 3 is 2.65 bits per heavy atom. The van der Waals surface area contributed by atoms with E-state index in [1.54, 1.807) is 6.92 Å². The highest BCUT2D eigenvalue weighted by Crippen LogP contribution is 2.20. The molecule has 1 aromatic heterocycles. The monoisotopic (exact) mass is 375 g/mol. The molecule has 1 N–H and O–H groups in total. The Kier molecular flexibility index (Phi) is 5.96. The fourth-order valence-electron chi connectivity index (χ4n) is 2.22. The second kappa shape index (κ2) is 7.98. The molecule has 0 fully saturated rings. The van der Waals surface area contributed by atoms with Gasteiger partial charge in [-0.1, -0.05) is 23.6 Å². The van der Waals surface area contributed by atoms with Crippen LogP contribution < -0.4 is 5.32 Å². The van der Waals surface area contributed by atoms with Gasteiger partial charge < -0.3 is 9.73 Å². The molecule has 7 heteroatoms. The average molecular weight is 376 g/mol. The van der Waals surface area contributed by atoms with Gasteiger partial charge in [0.15, 0.2) is 11.5 Å². The van der Waals surface area contributed by atoms with E-state index in [0.717, 1.165) is 0 Å². The molecule has 0 saturated carbocycles. The van der Waals surface area contributed by atoms with E-state index in [2.05, 4.69) is 11.2 Å². The topological polar surface area (TPSA) is 76.4 Å². The first-order valence-electron chi connectivity index (χ1n) is 7.61. The Morgan fingerprint density at radius 2 is 2.04 bits per heavy atom. The molecule has 1 heterocycles. The van der Waals surface area contributed by atoms with E-state index in [0.29, 0.717) is 5.56 Å². The van der Waals surface area contributed by atoms with E-state index in [1.165, 1.54) is 31.2 Å². The van der Waals surface area contributed by atoms with Gasteiger partial charge in [-0.3, -0.25) is 14.4 Å². The molecular formula is C19H15ClFNO4. The van der Waals surface area contributed by atoms with Crippen molar-refractivity contribution < 1.29 is 23.2 Å². The van der Waals surface area contributed by atoms with Crippen LogP contribution >= 0.6 is 11.6 Å². The van der Waals surface area contributed by atoms with Crippen LogP contribution in [-0.2, 0) is 11.2 Å². The lowest BCUT2D eigenvalue weighted by molar-refractivity contribution is -0.117. The number of amides is 1. The van der Waals surface area contributed by atoms with Crippen LogP contribution in [0.1, 0.15) is 39.2 Å². The summed E-state index contributed by atoms with van der Waals surface area (Å²) >= 11 is 5.70. The molecule has 0 bridgehead atoms. The van der Waals surface area contributed by atoms with Crippen LogP contribution in [0.2, 0.25) is 5.02 Å². The number of rotatable bonds is 6. The van der Waals surface area contributed by atoms with Crippen molar-refractivity contribution in [2.45, 2.75) is 26.3 Å². The minimum atomic E-state index is -0.931. The third kappa shape index (κ3) is 4.38.